The standard InChI is InChI=1S/C21H20N2O2/c1-2-25-20(24)17-13-7-3-4-8-14(13)18-21(11-12-22-19(17)21)15-9-5-6-10-16(15)23-18/h3-10,18,22-23H,2,11-12H2,1H3/t18-,21-/m0/s1. The van der Waals surface area contributed by atoms with Crippen LogP contribution in [0.25, 0.3) is 5.57 Å². The molecule has 126 valence electrons. The number of ether oxygens (including phenoxy) is 1. The number of carbonyl (C=O) groups excluding carboxylic acids is 1. The lowest BCUT2D eigenvalue weighted by atomic mass is 9.65. The van der Waals surface area contributed by atoms with Gasteiger partial charge in [0.15, 0.2) is 0 Å². The SMILES string of the molecule is CCOC(=O)C1=C2NCC[C@@]23c2ccccc2N[C@H]3c2ccccc21. The first-order chi connectivity index (χ1) is 12.3. The zero-order valence-corrected chi connectivity index (χ0v) is 14.1. The second-order valence-corrected chi connectivity index (χ2v) is 6.83. The first kappa shape index (κ1) is 14.6. The highest BCUT2D eigenvalue weighted by Gasteiger charge is 2.57. The Hall–Kier alpha value is -2.75. The van der Waals surface area contributed by atoms with E-state index in [2.05, 4.69) is 41.0 Å². The lowest BCUT2D eigenvalue weighted by Gasteiger charge is -2.39. The van der Waals surface area contributed by atoms with Gasteiger partial charge in [0.1, 0.15) is 0 Å². The van der Waals surface area contributed by atoms with Crippen LogP contribution in [0.4, 0.5) is 5.69 Å². The third-order valence-corrected chi connectivity index (χ3v) is 5.74. The van der Waals surface area contributed by atoms with Crippen molar-refractivity contribution in [2.45, 2.75) is 24.8 Å². The molecule has 2 aliphatic heterocycles. The number of carbonyl (C=O) groups is 1. The monoisotopic (exact) mass is 332 g/mol. The molecule has 2 N–H and O–H groups in total. The average molecular weight is 332 g/mol. The van der Waals surface area contributed by atoms with Crippen LogP contribution in [0.3, 0.4) is 0 Å². The maximum atomic E-state index is 12.9. The van der Waals surface area contributed by atoms with Gasteiger partial charge in [-0.15, -0.1) is 0 Å². The van der Waals surface area contributed by atoms with Gasteiger partial charge in [0.25, 0.3) is 0 Å². The van der Waals surface area contributed by atoms with Crippen LogP contribution in [0, 0.1) is 0 Å². The second kappa shape index (κ2) is 5.12. The van der Waals surface area contributed by atoms with Gasteiger partial charge in [-0.25, -0.2) is 4.79 Å². The third-order valence-electron chi connectivity index (χ3n) is 5.74. The van der Waals surface area contributed by atoms with Crippen molar-refractivity contribution in [2.75, 3.05) is 18.5 Å². The number of esters is 1. The first-order valence-corrected chi connectivity index (χ1v) is 8.88. The van der Waals surface area contributed by atoms with Crippen molar-refractivity contribution in [3.05, 3.63) is 70.9 Å². The zero-order chi connectivity index (χ0) is 17.0. The van der Waals surface area contributed by atoms with Crippen LogP contribution in [0.2, 0.25) is 0 Å². The molecule has 2 aromatic carbocycles. The molecule has 2 heterocycles. The first-order valence-electron chi connectivity index (χ1n) is 8.88. The lowest BCUT2D eigenvalue weighted by Crippen LogP contribution is -2.38. The van der Waals surface area contributed by atoms with Crippen LogP contribution in [-0.4, -0.2) is 19.1 Å². The van der Waals surface area contributed by atoms with E-state index in [-0.39, 0.29) is 17.4 Å². The van der Waals surface area contributed by atoms with E-state index in [9.17, 15) is 4.79 Å². The van der Waals surface area contributed by atoms with Crippen LogP contribution >= 0.6 is 0 Å². The predicted octanol–water partition coefficient (Wildman–Crippen LogP) is 3.37. The molecule has 0 aromatic heterocycles. The van der Waals surface area contributed by atoms with Crippen molar-refractivity contribution in [1.29, 1.82) is 0 Å². The van der Waals surface area contributed by atoms with E-state index in [1.165, 1.54) is 11.1 Å². The summed E-state index contributed by atoms with van der Waals surface area (Å²) in [6, 6.07) is 16.8. The summed E-state index contributed by atoms with van der Waals surface area (Å²) in [4.78, 5) is 12.9. The van der Waals surface area contributed by atoms with Gasteiger partial charge in [0, 0.05) is 17.9 Å². The van der Waals surface area contributed by atoms with Gasteiger partial charge in [-0.05, 0) is 36.1 Å². The minimum atomic E-state index is -0.235. The third kappa shape index (κ3) is 1.74. The minimum absolute atomic E-state index is 0.143. The van der Waals surface area contributed by atoms with Gasteiger partial charge in [-0.2, -0.15) is 0 Å². The van der Waals surface area contributed by atoms with Gasteiger partial charge in [-0.3, -0.25) is 0 Å². The van der Waals surface area contributed by atoms with E-state index in [1.54, 1.807) is 0 Å². The smallest absolute Gasteiger partial charge is 0.340 e. The van der Waals surface area contributed by atoms with E-state index in [0.717, 1.165) is 29.9 Å². The number of benzene rings is 2. The summed E-state index contributed by atoms with van der Waals surface area (Å²) in [5.74, 6) is -0.235. The summed E-state index contributed by atoms with van der Waals surface area (Å²) < 4.78 is 5.42. The second-order valence-electron chi connectivity index (χ2n) is 6.83. The fourth-order valence-corrected chi connectivity index (χ4v) is 4.84. The molecule has 1 saturated heterocycles. The van der Waals surface area contributed by atoms with Crippen LogP contribution in [0.15, 0.2) is 54.2 Å². The van der Waals surface area contributed by atoms with Crippen molar-refractivity contribution < 1.29 is 9.53 Å². The Balaban J connectivity index is 1.84. The lowest BCUT2D eigenvalue weighted by molar-refractivity contribution is -0.136. The molecule has 4 heteroatoms. The molecule has 2 aromatic rings. The number of anilines is 1. The average Bonchev–Trinajstić information content (AvgIpc) is 3.21. The van der Waals surface area contributed by atoms with Gasteiger partial charge in [0.2, 0.25) is 0 Å². The van der Waals surface area contributed by atoms with Gasteiger partial charge in [0.05, 0.1) is 23.6 Å². The molecule has 1 spiro atoms. The molecule has 25 heavy (non-hydrogen) atoms. The Bertz CT molecular complexity index is 918. The van der Waals surface area contributed by atoms with Gasteiger partial charge in [-0.1, -0.05) is 42.5 Å². The summed E-state index contributed by atoms with van der Waals surface area (Å²) in [6.07, 6.45) is 0.967. The highest BCUT2D eigenvalue weighted by molar-refractivity contribution is 6.19. The number of nitrogens with one attached hydrogen (secondary N) is 2. The molecule has 0 bridgehead atoms. The summed E-state index contributed by atoms with van der Waals surface area (Å²) in [6.45, 7) is 3.09. The van der Waals surface area contributed by atoms with Crippen molar-refractivity contribution in [1.82, 2.24) is 5.32 Å². The Morgan fingerprint density at radius 2 is 2.00 bits per heavy atom. The van der Waals surface area contributed by atoms with Crippen molar-refractivity contribution in [2.24, 2.45) is 0 Å². The van der Waals surface area contributed by atoms with Crippen LogP contribution in [0.1, 0.15) is 36.1 Å². The molecule has 0 radical (unpaired) electrons. The van der Waals surface area contributed by atoms with E-state index in [4.69, 9.17) is 4.74 Å². The molecule has 4 nitrogen and oxygen atoms in total. The molecule has 0 amide bonds. The molecule has 5 rings (SSSR count). The molecule has 1 aliphatic carbocycles. The molecule has 2 atom stereocenters. The topological polar surface area (TPSA) is 50.4 Å². The van der Waals surface area contributed by atoms with Crippen molar-refractivity contribution >= 4 is 17.2 Å². The summed E-state index contributed by atoms with van der Waals surface area (Å²) in [5, 5.41) is 7.25. The van der Waals surface area contributed by atoms with Crippen LogP contribution in [0.5, 0.6) is 0 Å². The number of rotatable bonds is 2. The van der Waals surface area contributed by atoms with Crippen LogP contribution < -0.4 is 10.6 Å². The predicted molar refractivity (Wildman–Crippen MR) is 97.1 cm³/mol. The van der Waals surface area contributed by atoms with E-state index < -0.39 is 0 Å². The van der Waals surface area contributed by atoms with Crippen LogP contribution in [-0.2, 0) is 14.9 Å². The van der Waals surface area contributed by atoms with Gasteiger partial charge >= 0.3 is 5.97 Å². The molecule has 1 fully saturated rings. The number of para-hydroxylation sites is 1. The minimum Gasteiger partial charge on any atom is -0.462 e. The molecule has 3 aliphatic rings. The van der Waals surface area contributed by atoms with Crippen molar-refractivity contribution in [3.63, 3.8) is 0 Å². The zero-order valence-electron chi connectivity index (χ0n) is 14.1. The quantitative estimate of drug-likeness (QED) is 0.828. The summed E-state index contributed by atoms with van der Waals surface area (Å²) in [7, 11) is 0. The Kier molecular flexibility index (Phi) is 2.99. The summed E-state index contributed by atoms with van der Waals surface area (Å²) in [5.41, 5.74) is 6.09. The fourth-order valence-electron chi connectivity index (χ4n) is 4.84. The number of hydrogen-bond acceptors (Lipinski definition) is 4. The van der Waals surface area contributed by atoms with Crippen molar-refractivity contribution in [3.8, 4) is 0 Å². The molecular weight excluding hydrogens is 312 g/mol. The highest BCUT2D eigenvalue weighted by Crippen LogP contribution is 2.60. The van der Waals surface area contributed by atoms with E-state index >= 15 is 0 Å². The highest BCUT2D eigenvalue weighted by atomic mass is 16.5. The van der Waals surface area contributed by atoms with Gasteiger partial charge < -0.3 is 15.4 Å². The Morgan fingerprint density at radius 1 is 1.20 bits per heavy atom. The van der Waals surface area contributed by atoms with E-state index in [1.807, 2.05) is 25.1 Å². The Morgan fingerprint density at radius 3 is 2.88 bits per heavy atom. The normalized spacial score (nSPS) is 25.2. The molecular formula is C21H20N2O2. The van der Waals surface area contributed by atoms with E-state index in [0.29, 0.717) is 12.2 Å². The largest absolute Gasteiger partial charge is 0.462 e. The maximum Gasteiger partial charge on any atom is 0.340 e. The number of fused-ring (bicyclic) bond motifs is 3. The number of hydrogen-bond donors (Lipinski definition) is 2. The summed E-state index contributed by atoms with van der Waals surface area (Å²) >= 11 is 0. The molecule has 0 saturated carbocycles. The maximum absolute atomic E-state index is 12.9. The molecule has 0 unspecified atom stereocenters. The Labute approximate surface area is 146 Å². The fraction of sp³-hybridized carbons (Fsp3) is 0.286.